The van der Waals surface area contributed by atoms with Crippen LogP contribution in [0.1, 0.15) is 25.8 Å². The van der Waals surface area contributed by atoms with E-state index in [1.54, 1.807) is 30.5 Å². The molecule has 1 aromatic heterocycles. The van der Waals surface area contributed by atoms with E-state index in [4.69, 9.17) is 10.5 Å². The first kappa shape index (κ1) is 20.9. The highest BCUT2D eigenvalue weighted by atomic mass is 35.5. The van der Waals surface area contributed by atoms with Crippen molar-refractivity contribution >= 4 is 18.3 Å². The number of nitrogens with zero attached hydrogens (tertiary/aromatic N) is 1. The first-order valence-corrected chi connectivity index (χ1v) is 7.92. The summed E-state index contributed by atoms with van der Waals surface area (Å²) in [6.07, 6.45) is 2.40. The van der Waals surface area contributed by atoms with Gasteiger partial charge in [-0.15, -0.1) is 12.4 Å². The van der Waals surface area contributed by atoms with E-state index >= 15 is 0 Å². The molecule has 1 heterocycles. The Morgan fingerprint density at radius 3 is 2.80 bits per heavy atom. The molecule has 0 saturated carbocycles. The maximum Gasteiger partial charge on any atom is 0.237 e. The zero-order valence-electron chi connectivity index (χ0n) is 14.2. The summed E-state index contributed by atoms with van der Waals surface area (Å²) in [5, 5.41) is 2.79. The van der Waals surface area contributed by atoms with Crippen LogP contribution in [0, 0.1) is 11.7 Å². The highest BCUT2D eigenvalue weighted by molar-refractivity contribution is 5.85. The molecule has 0 aliphatic carbocycles. The number of carbonyl (C=O) groups excluding carboxylic acids is 1. The highest BCUT2D eigenvalue weighted by Crippen LogP contribution is 2.23. The van der Waals surface area contributed by atoms with Gasteiger partial charge in [0.2, 0.25) is 11.8 Å². The Morgan fingerprint density at radius 2 is 2.12 bits per heavy atom. The van der Waals surface area contributed by atoms with Crippen molar-refractivity contribution in [2.45, 2.75) is 32.9 Å². The van der Waals surface area contributed by atoms with E-state index in [0.717, 1.165) is 6.42 Å². The molecule has 136 valence electrons. The largest absolute Gasteiger partial charge is 0.439 e. The van der Waals surface area contributed by atoms with E-state index in [2.05, 4.69) is 10.3 Å². The van der Waals surface area contributed by atoms with Gasteiger partial charge in [-0.1, -0.05) is 32.4 Å². The van der Waals surface area contributed by atoms with Crippen molar-refractivity contribution in [3.63, 3.8) is 0 Å². The van der Waals surface area contributed by atoms with Gasteiger partial charge in [-0.25, -0.2) is 9.37 Å². The van der Waals surface area contributed by atoms with Gasteiger partial charge in [0.25, 0.3) is 0 Å². The Bertz CT molecular complexity index is 700. The second kappa shape index (κ2) is 9.96. The third-order valence-electron chi connectivity index (χ3n) is 3.87. The lowest BCUT2D eigenvalue weighted by molar-refractivity contribution is -0.123. The van der Waals surface area contributed by atoms with Crippen molar-refractivity contribution < 1.29 is 13.9 Å². The summed E-state index contributed by atoms with van der Waals surface area (Å²) >= 11 is 0. The molecular weight excluding hydrogens is 345 g/mol. The number of pyridine rings is 1. The third-order valence-corrected chi connectivity index (χ3v) is 3.87. The maximum absolute atomic E-state index is 13.3. The molecule has 0 bridgehead atoms. The predicted octanol–water partition coefficient (Wildman–Crippen LogP) is 3.42. The minimum Gasteiger partial charge on any atom is -0.439 e. The van der Waals surface area contributed by atoms with Gasteiger partial charge >= 0.3 is 0 Å². The van der Waals surface area contributed by atoms with Crippen LogP contribution in [0.4, 0.5) is 4.39 Å². The molecule has 5 nitrogen and oxygen atoms in total. The maximum atomic E-state index is 13.3. The molecule has 2 atom stereocenters. The van der Waals surface area contributed by atoms with Gasteiger partial charge in [0, 0.05) is 24.4 Å². The van der Waals surface area contributed by atoms with Gasteiger partial charge in [0.05, 0.1) is 6.04 Å². The lowest BCUT2D eigenvalue weighted by Crippen LogP contribution is -2.44. The van der Waals surface area contributed by atoms with Crippen molar-refractivity contribution in [2.24, 2.45) is 11.7 Å². The molecular formula is C18H23ClFN3O2. The third kappa shape index (κ3) is 5.99. The molecule has 0 fully saturated rings. The number of hydrogen-bond donors (Lipinski definition) is 2. The van der Waals surface area contributed by atoms with Crippen molar-refractivity contribution in [3.05, 3.63) is 54.0 Å². The van der Waals surface area contributed by atoms with Crippen LogP contribution in [0.15, 0.2) is 42.6 Å². The second-order valence-electron chi connectivity index (χ2n) is 5.66. The molecule has 0 spiro atoms. The minimum absolute atomic E-state index is 0. The Labute approximate surface area is 153 Å². The molecule has 2 aromatic rings. The zero-order valence-corrected chi connectivity index (χ0v) is 15.1. The van der Waals surface area contributed by atoms with Crippen molar-refractivity contribution in [2.75, 3.05) is 0 Å². The van der Waals surface area contributed by atoms with Crippen LogP contribution in [0.5, 0.6) is 11.6 Å². The van der Waals surface area contributed by atoms with E-state index in [1.807, 2.05) is 13.8 Å². The van der Waals surface area contributed by atoms with Gasteiger partial charge in [0.15, 0.2) is 0 Å². The number of hydrogen-bond acceptors (Lipinski definition) is 4. The Morgan fingerprint density at radius 1 is 1.36 bits per heavy atom. The fourth-order valence-corrected chi connectivity index (χ4v) is 2.11. The average Bonchev–Trinajstić information content (AvgIpc) is 2.59. The molecule has 0 aliphatic heterocycles. The van der Waals surface area contributed by atoms with Crippen molar-refractivity contribution in [1.82, 2.24) is 10.3 Å². The topological polar surface area (TPSA) is 77.2 Å². The Hall–Kier alpha value is -2.18. The van der Waals surface area contributed by atoms with Gasteiger partial charge in [-0.2, -0.15) is 0 Å². The monoisotopic (exact) mass is 367 g/mol. The van der Waals surface area contributed by atoms with E-state index in [9.17, 15) is 9.18 Å². The number of benzene rings is 1. The number of rotatable bonds is 7. The molecule has 1 aromatic carbocycles. The van der Waals surface area contributed by atoms with Crippen LogP contribution >= 0.6 is 12.4 Å². The minimum atomic E-state index is -0.556. The molecule has 0 radical (unpaired) electrons. The van der Waals surface area contributed by atoms with Crippen LogP contribution in [-0.4, -0.2) is 16.9 Å². The SMILES string of the molecule is CCC(C)C(N)C(=O)NCc1cccnc1Oc1cccc(F)c1.Cl. The Kier molecular flexibility index (Phi) is 8.31. The van der Waals surface area contributed by atoms with E-state index in [1.165, 1.54) is 12.1 Å². The lowest BCUT2D eigenvalue weighted by atomic mass is 9.99. The van der Waals surface area contributed by atoms with Crippen LogP contribution in [-0.2, 0) is 11.3 Å². The van der Waals surface area contributed by atoms with E-state index < -0.39 is 11.9 Å². The van der Waals surface area contributed by atoms with Gasteiger partial charge in [0.1, 0.15) is 11.6 Å². The Balaban J connectivity index is 0.00000312. The van der Waals surface area contributed by atoms with Crippen LogP contribution in [0.3, 0.4) is 0 Å². The van der Waals surface area contributed by atoms with Crippen molar-refractivity contribution in [1.29, 1.82) is 0 Å². The number of ether oxygens (including phenoxy) is 1. The number of aromatic nitrogens is 1. The zero-order chi connectivity index (χ0) is 17.5. The number of carbonyl (C=O) groups is 1. The smallest absolute Gasteiger partial charge is 0.237 e. The molecule has 25 heavy (non-hydrogen) atoms. The summed E-state index contributed by atoms with van der Waals surface area (Å²) in [5.74, 6) is 0.155. The molecule has 1 amide bonds. The quantitative estimate of drug-likeness (QED) is 0.786. The molecule has 7 heteroatoms. The lowest BCUT2D eigenvalue weighted by Gasteiger charge is -2.18. The fourth-order valence-electron chi connectivity index (χ4n) is 2.11. The number of halogens is 2. The molecule has 2 rings (SSSR count). The first-order valence-electron chi connectivity index (χ1n) is 7.92. The van der Waals surface area contributed by atoms with Gasteiger partial charge < -0.3 is 15.8 Å². The number of nitrogens with one attached hydrogen (secondary N) is 1. The van der Waals surface area contributed by atoms with E-state index in [-0.39, 0.29) is 30.8 Å². The van der Waals surface area contributed by atoms with E-state index in [0.29, 0.717) is 17.2 Å². The van der Waals surface area contributed by atoms with Crippen LogP contribution < -0.4 is 15.8 Å². The van der Waals surface area contributed by atoms with Crippen LogP contribution in [0.25, 0.3) is 0 Å². The molecule has 0 aliphatic rings. The summed E-state index contributed by atoms with van der Waals surface area (Å²) in [7, 11) is 0. The van der Waals surface area contributed by atoms with Crippen molar-refractivity contribution in [3.8, 4) is 11.6 Å². The summed E-state index contributed by atoms with van der Waals surface area (Å²) in [5.41, 5.74) is 6.60. The number of amides is 1. The van der Waals surface area contributed by atoms with Gasteiger partial charge in [-0.05, 0) is 24.1 Å². The fraction of sp³-hybridized carbons (Fsp3) is 0.333. The van der Waals surface area contributed by atoms with Gasteiger partial charge in [-0.3, -0.25) is 4.79 Å². The number of nitrogens with two attached hydrogens (primary N) is 1. The molecule has 2 unspecified atom stereocenters. The second-order valence-corrected chi connectivity index (χ2v) is 5.66. The standard InChI is InChI=1S/C18H22FN3O2.ClH/c1-3-12(2)16(20)17(23)22-11-13-6-5-9-21-18(13)24-15-8-4-7-14(19)10-15;/h4-10,12,16H,3,11,20H2,1-2H3,(H,22,23);1H. The molecule has 3 N–H and O–H groups in total. The summed E-state index contributed by atoms with van der Waals surface area (Å²) < 4.78 is 18.9. The first-order chi connectivity index (χ1) is 11.5. The average molecular weight is 368 g/mol. The predicted molar refractivity (Wildman–Crippen MR) is 97.2 cm³/mol. The van der Waals surface area contributed by atoms with Crippen LogP contribution in [0.2, 0.25) is 0 Å². The molecule has 0 saturated heterocycles. The highest BCUT2D eigenvalue weighted by Gasteiger charge is 2.19. The summed E-state index contributed by atoms with van der Waals surface area (Å²) in [4.78, 5) is 16.2. The summed E-state index contributed by atoms with van der Waals surface area (Å²) in [6, 6.07) is 8.78. The normalized spacial score (nSPS) is 12.6. The summed E-state index contributed by atoms with van der Waals surface area (Å²) in [6.45, 7) is 4.16.